The van der Waals surface area contributed by atoms with E-state index >= 15 is 0 Å². The van der Waals surface area contributed by atoms with Crippen molar-refractivity contribution in [1.29, 1.82) is 0 Å². The van der Waals surface area contributed by atoms with Gasteiger partial charge in [-0.3, -0.25) is 9.59 Å². The summed E-state index contributed by atoms with van der Waals surface area (Å²) in [5, 5.41) is 4.98. The molecule has 0 aromatic heterocycles. The molecule has 7 heteroatoms. The summed E-state index contributed by atoms with van der Waals surface area (Å²) in [6, 6.07) is 9.26. The van der Waals surface area contributed by atoms with E-state index in [1.54, 1.807) is 12.1 Å². The van der Waals surface area contributed by atoms with Crippen LogP contribution in [-0.2, 0) is 4.79 Å². The summed E-state index contributed by atoms with van der Waals surface area (Å²) in [5.41, 5.74) is 1.29. The fraction of sp³-hybridized carbons (Fsp3) is 0.125. The highest BCUT2D eigenvalue weighted by Gasteiger charge is 2.16. The van der Waals surface area contributed by atoms with Gasteiger partial charge < -0.3 is 10.6 Å². The molecule has 0 radical (unpaired) electrons. The van der Waals surface area contributed by atoms with Crippen LogP contribution in [-0.4, -0.2) is 18.4 Å². The first-order valence-corrected chi connectivity index (χ1v) is 7.84. The fourth-order valence-corrected chi connectivity index (χ4v) is 2.39. The monoisotopic (exact) mass is 398 g/mol. The number of hydrogen-bond acceptors (Lipinski definition) is 2. The molecule has 0 aliphatic carbocycles. The number of carbonyl (C=O) groups excluding carboxylic acids is 2. The van der Waals surface area contributed by atoms with Gasteiger partial charge >= 0.3 is 0 Å². The van der Waals surface area contributed by atoms with Crippen molar-refractivity contribution in [1.82, 2.24) is 5.32 Å². The van der Waals surface area contributed by atoms with Gasteiger partial charge in [0.2, 0.25) is 5.91 Å². The lowest BCUT2D eigenvalue weighted by Crippen LogP contribution is -2.33. The molecule has 0 unspecified atom stereocenters. The van der Waals surface area contributed by atoms with Gasteiger partial charge in [0.15, 0.2) is 0 Å². The van der Waals surface area contributed by atoms with Crippen molar-refractivity contribution >= 4 is 45.0 Å². The minimum Gasteiger partial charge on any atom is -0.343 e. The largest absolute Gasteiger partial charge is 0.343 e. The molecule has 2 aromatic carbocycles. The predicted molar refractivity (Wildman–Crippen MR) is 91.3 cm³/mol. The van der Waals surface area contributed by atoms with Crippen molar-refractivity contribution < 1.29 is 14.0 Å². The van der Waals surface area contributed by atoms with Crippen LogP contribution in [0.4, 0.5) is 10.1 Å². The van der Waals surface area contributed by atoms with E-state index in [1.807, 2.05) is 13.0 Å². The summed E-state index contributed by atoms with van der Waals surface area (Å²) in [4.78, 5) is 23.8. The van der Waals surface area contributed by atoms with Crippen LogP contribution in [0.2, 0.25) is 5.02 Å². The Morgan fingerprint density at radius 1 is 1.26 bits per heavy atom. The Bertz CT molecular complexity index is 747. The maximum Gasteiger partial charge on any atom is 0.256 e. The molecule has 0 aliphatic rings. The SMILES string of the molecule is Cc1cc(NC(=O)CNC(=O)c2c(F)cccc2Cl)ccc1Br. The first-order chi connectivity index (χ1) is 10.9. The number of aryl methyl sites for hydroxylation is 1. The Labute approximate surface area is 146 Å². The van der Waals surface area contributed by atoms with Gasteiger partial charge in [-0.2, -0.15) is 0 Å². The molecule has 2 N–H and O–H groups in total. The summed E-state index contributed by atoms with van der Waals surface area (Å²) >= 11 is 9.16. The van der Waals surface area contributed by atoms with Crippen LogP contribution >= 0.6 is 27.5 Å². The zero-order chi connectivity index (χ0) is 17.0. The van der Waals surface area contributed by atoms with Crippen molar-refractivity contribution in [3.8, 4) is 0 Å². The quantitative estimate of drug-likeness (QED) is 0.819. The third kappa shape index (κ3) is 4.53. The van der Waals surface area contributed by atoms with Crippen molar-refractivity contribution in [2.24, 2.45) is 0 Å². The summed E-state index contributed by atoms with van der Waals surface area (Å²) < 4.78 is 14.5. The maximum atomic E-state index is 13.6. The normalized spacial score (nSPS) is 10.3. The first kappa shape index (κ1) is 17.4. The van der Waals surface area contributed by atoms with Gasteiger partial charge in [0.25, 0.3) is 5.91 Å². The lowest BCUT2D eigenvalue weighted by atomic mass is 10.2. The second-order valence-corrected chi connectivity index (χ2v) is 6.05. The average molecular weight is 400 g/mol. The molecule has 0 saturated carbocycles. The van der Waals surface area contributed by atoms with Crippen molar-refractivity contribution in [2.45, 2.75) is 6.92 Å². The molecule has 2 amide bonds. The van der Waals surface area contributed by atoms with Crippen molar-refractivity contribution in [2.75, 3.05) is 11.9 Å². The van der Waals surface area contributed by atoms with Crippen LogP contribution in [0.15, 0.2) is 40.9 Å². The van der Waals surface area contributed by atoms with Crippen LogP contribution in [0, 0.1) is 12.7 Å². The van der Waals surface area contributed by atoms with E-state index in [2.05, 4.69) is 26.6 Å². The minimum absolute atomic E-state index is 0.00792. The van der Waals surface area contributed by atoms with E-state index in [9.17, 15) is 14.0 Å². The van der Waals surface area contributed by atoms with Gasteiger partial charge in [0.05, 0.1) is 17.1 Å². The molecule has 4 nitrogen and oxygen atoms in total. The zero-order valence-electron chi connectivity index (χ0n) is 12.1. The number of anilines is 1. The van der Waals surface area contributed by atoms with E-state index in [0.717, 1.165) is 16.1 Å². The van der Waals surface area contributed by atoms with Gasteiger partial charge in [-0.1, -0.05) is 33.6 Å². The number of carbonyl (C=O) groups is 2. The lowest BCUT2D eigenvalue weighted by Gasteiger charge is -2.09. The number of nitrogens with one attached hydrogen (secondary N) is 2. The topological polar surface area (TPSA) is 58.2 Å². The maximum absolute atomic E-state index is 13.6. The summed E-state index contributed by atoms with van der Waals surface area (Å²) in [5.74, 6) is -1.90. The average Bonchev–Trinajstić information content (AvgIpc) is 2.49. The first-order valence-electron chi connectivity index (χ1n) is 6.66. The molecule has 0 saturated heterocycles. The summed E-state index contributed by atoms with van der Waals surface area (Å²) in [6.45, 7) is 1.60. The highest BCUT2D eigenvalue weighted by atomic mass is 79.9. The van der Waals surface area contributed by atoms with Crippen LogP contribution < -0.4 is 10.6 Å². The Hall–Kier alpha value is -1.92. The molecule has 0 bridgehead atoms. The molecule has 0 atom stereocenters. The number of amides is 2. The zero-order valence-corrected chi connectivity index (χ0v) is 14.5. The number of hydrogen-bond donors (Lipinski definition) is 2. The molecule has 2 aromatic rings. The predicted octanol–water partition coefficient (Wildman–Crippen LogP) is 3.92. The van der Waals surface area contributed by atoms with Gasteiger partial charge in [0.1, 0.15) is 5.82 Å². The summed E-state index contributed by atoms with van der Waals surface area (Å²) in [6.07, 6.45) is 0. The van der Waals surface area contributed by atoms with Crippen LogP contribution in [0.25, 0.3) is 0 Å². The van der Waals surface area contributed by atoms with Gasteiger partial charge in [0, 0.05) is 10.2 Å². The molecule has 0 fully saturated rings. The standard InChI is InChI=1S/C16H13BrClFN2O2/c1-9-7-10(5-6-11(9)17)21-14(22)8-20-16(23)15-12(18)3-2-4-13(15)19/h2-7H,8H2,1H3,(H,20,23)(H,21,22). The molecule has 2 rings (SSSR count). The number of benzene rings is 2. The highest BCUT2D eigenvalue weighted by Crippen LogP contribution is 2.20. The lowest BCUT2D eigenvalue weighted by molar-refractivity contribution is -0.115. The number of rotatable bonds is 4. The van der Waals surface area contributed by atoms with Crippen LogP contribution in [0.3, 0.4) is 0 Å². The second kappa shape index (κ2) is 7.57. The fourth-order valence-electron chi connectivity index (χ4n) is 1.89. The molecule has 120 valence electrons. The Morgan fingerprint density at radius 2 is 2.00 bits per heavy atom. The van der Waals surface area contributed by atoms with Gasteiger partial charge in [-0.05, 0) is 42.8 Å². The third-order valence-electron chi connectivity index (χ3n) is 3.04. The van der Waals surface area contributed by atoms with Crippen LogP contribution in [0.5, 0.6) is 0 Å². The second-order valence-electron chi connectivity index (χ2n) is 4.79. The van der Waals surface area contributed by atoms with E-state index in [4.69, 9.17) is 11.6 Å². The number of halogens is 3. The molecule has 0 heterocycles. The Balaban J connectivity index is 1.96. The Kier molecular flexibility index (Phi) is 5.74. The molecule has 23 heavy (non-hydrogen) atoms. The highest BCUT2D eigenvalue weighted by molar-refractivity contribution is 9.10. The van der Waals surface area contributed by atoms with Crippen molar-refractivity contribution in [3.63, 3.8) is 0 Å². The molecule has 0 spiro atoms. The minimum atomic E-state index is -0.741. The Morgan fingerprint density at radius 3 is 2.65 bits per heavy atom. The van der Waals surface area contributed by atoms with E-state index in [1.165, 1.54) is 12.1 Å². The van der Waals surface area contributed by atoms with Gasteiger partial charge in [-0.25, -0.2) is 4.39 Å². The van der Waals surface area contributed by atoms with E-state index < -0.39 is 17.6 Å². The van der Waals surface area contributed by atoms with Crippen LogP contribution in [0.1, 0.15) is 15.9 Å². The van der Waals surface area contributed by atoms with E-state index in [0.29, 0.717) is 5.69 Å². The molecular weight excluding hydrogens is 387 g/mol. The van der Waals surface area contributed by atoms with Crippen molar-refractivity contribution in [3.05, 3.63) is 62.8 Å². The third-order valence-corrected chi connectivity index (χ3v) is 4.25. The summed E-state index contributed by atoms with van der Waals surface area (Å²) in [7, 11) is 0. The molecule has 0 aliphatic heterocycles. The smallest absolute Gasteiger partial charge is 0.256 e. The van der Waals surface area contributed by atoms with Gasteiger partial charge in [-0.15, -0.1) is 0 Å². The van der Waals surface area contributed by atoms with E-state index in [-0.39, 0.29) is 17.1 Å². The molecular formula is C16H13BrClFN2O2.